The van der Waals surface area contributed by atoms with Gasteiger partial charge in [0.1, 0.15) is 0 Å². The fraction of sp³-hybridized carbons (Fsp3) is 0.444. The highest BCUT2D eigenvalue weighted by Crippen LogP contribution is 2.42. The minimum Gasteiger partial charge on any atom is -0.493 e. The third-order valence-corrected chi connectivity index (χ3v) is 6.30. The van der Waals surface area contributed by atoms with E-state index in [0.29, 0.717) is 29.3 Å². The van der Waals surface area contributed by atoms with Crippen molar-refractivity contribution in [2.45, 2.75) is 13.0 Å². The monoisotopic (exact) mass is 393 g/mol. The predicted molar refractivity (Wildman–Crippen MR) is 104 cm³/mol. The van der Waals surface area contributed by atoms with Crippen molar-refractivity contribution in [1.82, 2.24) is 9.99 Å². The molecule has 1 atom stereocenters. The molecule has 0 saturated carbocycles. The maximum atomic E-state index is 11.7. The molecule has 0 spiro atoms. The molecule has 1 unspecified atom stereocenters. The summed E-state index contributed by atoms with van der Waals surface area (Å²) in [5.41, 5.74) is 1.48. The molecule has 27 heavy (non-hydrogen) atoms. The fourth-order valence-electron chi connectivity index (χ4n) is 3.13. The molecule has 1 saturated heterocycles. The molecule has 3 rings (SSSR count). The first-order chi connectivity index (χ1) is 12.9. The molecule has 1 fully saturated rings. The van der Waals surface area contributed by atoms with E-state index in [1.807, 2.05) is 13.0 Å². The Morgan fingerprint density at radius 3 is 2.56 bits per heavy atom. The minimum atomic E-state index is -2.97. The number of pyridine rings is 1. The van der Waals surface area contributed by atoms with Crippen molar-refractivity contribution in [3.05, 3.63) is 23.9 Å². The fourth-order valence-corrected chi connectivity index (χ4v) is 4.67. The number of benzene rings is 1. The number of rotatable bonds is 5. The summed E-state index contributed by atoms with van der Waals surface area (Å²) in [6.45, 7) is 2.24. The highest BCUT2D eigenvalue weighted by molar-refractivity contribution is 7.91. The summed E-state index contributed by atoms with van der Waals surface area (Å²) >= 11 is 0. The van der Waals surface area contributed by atoms with Crippen molar-refractivity contribution in [1.29, 1.82) is 0 Å². The van der Waals surface area contributed by atoms with E-state index < -0.39 is 9.84 Å². The van der Waals surface area contributed by atoms with E-state index in [-0.39, 0.29) is 17.5 Å². The lowest BCUT2D eigenvalue weighted by atomic mass is 10.1. The van der Waals surface area contributed by atoms with Crippen molar-refractivity contribution in [2.75, 3.05) is 39.4 Å². The first-order valence-corrected chi connectivity index (χ1v) is 10.3. The molecule has 0 amide bonds. The number of hydrogen-bond acceptors (Lipinski definition) is 8. The molecular formula is C18H23N3O5S. The number of methoxy groups -OCH3 is 3. The van der Waals surface area contributed by atoms with Crippen LogP contribution < -0.4 is 14.2 Å². The third-order valence-electron chi connectivity index (χ3n) is 4.50. The van der Waals surface area contributed by atoms with Crippen LogP contribution in [0.1, 0.15) is 12.5 Å². The van der Waals surface area contributed by atoms with Gasteiger partial charge in [0.2, 0.25) is 5.75 Å². The Balaban J connectivity index is 1.94. The number of sulfone groups is 1. The van der Waals surface area contributed by atoms with Crippen LogP contribution in [0.3, 0.4) is 0 Å². The van der Waals surface area contributed by atoms with Crippen LogP contribution in [0.5, 0.6) is 17.2 Å². The second kappa shape index (κ2) is 7.59. The van der Waals surface area contributed by atoms with Crippen LogP contribution in [0.15, 0.2) is 23.4 Å². The van der Waals surface area contributed by atoms with Crippen LogP contribution in [-0.2, 0) is 9.84 Å². The Morgan fingerprint density at radius 2 is 1.93 bits per heavy atom. The van der Waals surface area contributed by atoms with E-state index in [4.69, 9.17) is 14.2 Å². The number of aromatic nitrogens is 1. The summed E-state index contributed by atoms with van der Waals surface area (Å²) in [6.07, 6.45) is 3.37. The number of fused-ring (bicyclic) bond motifs is 1. The third kappa shape index (κ3) is 3.92. The lowest BCUT2D eigenvalue weighted by Crippen LogP contribution is -2.43. The molecule has 1 aromatic carbocycles. The summed E-state index contributed by atoms with van der Waals surface area (Å²) in [5, 5.41) is 7.01. The highest BCUT2D eigenvalue weighted by atomic mass is 32.2. The van der Waals surface area contributed by atoms with E-state index >= 15 is 0 Å². The number of nitrogens with zero attached hydrogens (tertiary/aromatic N) is 3. The van der Waals surface area contributed by atoms with Gasteiger partial charge < -0.3 is 14.2 Å². The van der Waals surface area contributed by atoms with E-state index in [1.165, 1.54) is 0 Å². The van der Waals surface area contributed by atoms with Gasteiger partial charge in [-0.2, -0.15) is 5.10 Å². The Hall–Kier alpha value is -2.55. The standard InChI is InChI=1S/C18H23N3O5S/c1-12-11-27(22,23)6-5-21(12)20-10-13-7-14-15(19-9-13)8-16(24-2)18(26-4)17(14)25-3/h7-10,12H,5-6,11H2,1-4H3. The average molecular weight is 393 g/mol. The molecule has 8 nitrogen and oxygen atoms in total. The Morgan fingerprint density at radius 1 is 1.19 bits per heavy atom. The van der Waals surface area contributed by atoms with Crippen LogP contribution in [0.2, 0.25) is 0 Å². The van der Waals surface area contributed by atoms with Gasteiger partial charge in [-0.05, 0) is 13.0 Å². The number of hydrogen-bond donors (Lipinski definition) is 0. The average Bonchev–Trinajstić information content (AvgIpc) is 2.64. The maximum Gasteiger partial charge on any atom is 0.204 e. The number of hydrazone groups is 1. The van der Waals surface area contributed by atoms with Crippen LogP contribution in [0.4, 0.5) is 0 Å². The summed E-state index contributed by atoms with van der Waals surface area (Å²) in [7, 11) is 1.70. The quantitative estimate of drug-likeness (QED) is 0.714. The summed E-state index contributed by atoms with van der Waals surface area (Å²) < 4.78 is 39.7. The largest absolute Gasteiger partial charge is 0.493 e. The van der Waals surface area contributed by atoms with Crippen LogP contribution >= 0.6 is 0 Å². The van der Waals surface area contributed by atoms with Gasteiger partial charge in [0, 0.05) is 23.2 Å². The normalized spacial score (nSPS) is 19.4. The molecule has 0 bridgehead atoms. The van der Waals surface area contributed by atoms with Gasteiger partial charge in [-0.3, -0.25) is 9.99 Å². The van der Waals surface area contributed by atoms with Gasteiger partial charge >= 0.3 is 0 Å². The Bertz CT molecular complexity index is 975. The van der Waals surface area contributed by atoms with Gasteiger partial charge in [0.05, 0.1) is 57.2 Å². The molecule has 9 heteroatoms. The zero-order valence-electron chi connectivity index (χ0n) is 15.8. The van der Waals surface area contributed by atoms with Crippen LogP contribution in [-0.4, -0.2) is 70.0 Å². The van der Waals surface area contributed by atoms with E-state index in [1.54, 1.807) is 44.8 Å². The Kier molecular flexibility index (Phi) is 5.41. The van der Waals surface area contributed by atoms with E-state index in [0.717, 1.165) is 10.9 Å². The number of ether oxygens (including phenoxy) is 3. The first-order valence-electron chi connectivity index (χ1n) is 8.48. The van der Waals surface area contributed by atoms with Crippen molar-refractivity contribution in [2.24, 2.45) is 5.10 Å². The molecule has 0 radical (unpaired) electrons. The van der Waals surface area contributed by atoms with Gasteiger partial charge in [-0.25, -0.2) is 8.42 Å². The SMILES string of the molecule is COc1cc2ncc(C=NN3CCS(=O)(=O)CC3C)cc2c(OC)c1OC. The molecule has 1 aliphatic heterocycles. The Labute approximate surface area is 158 Å². The van der Waals surface area contributed by atoms with Crippen LogP contribution in [0, 0.1) is 0 Å². The summed E-state index contributed by atoms with van der Waals surface area (Å²) in [4.78, 5) is 4.46. The lowest BCUT2D eigenvalue weighted by molar-refractivity contribution is 0.239. The van der Waals surface area contributed by atoms with Crippen molar-refractivity contribution in [3.8, 4) is 17.2 Å². The second-order valence-electron chi connectivity index (χ2n) is 6.35. The smallest absolute Gasteiger partial charge is 0.204 e. The molecule has 0 aliphatic carbocycles. The molecule has 146 valence electrons. The maximum absolute atomic E-state index is 11.7. The van der Waals surface area contributed by atoms with E-state index in [9.17, 15) is 8.42 Å². The van der Waals surface area contributed by atoms with Crippen molar-refractivity contribution >= 4 is 27.0 Å². The molecular weight excluding hydrogens is 370 g/mol. The minimum absolute atomic E-state index is 0.116. The molecule has 1 aliphatic rings. The van der Waals surface area contributed by atoms with E-state index in [2.05, 4.69) is 10.1 Å². The van der Waals surface area contributed by atoms with Crippen molar-refractivity contribution in [3.63, 3.8) is 0 Å². The lowest BCUT2D eigenvalue weighted by Gasteiger charge is -2.30. The summed E-state index contributed by atoms with van der Waals surface area (Å²) in [5.74, 6) is 1.81. The molecule has 2 aromatic rings. The van der Waals surface area contributed by atoms with Gasteiger partial charge in [-0.1, -0.05) is 0 Å². The second-order valence-corrected chi connectivity index (χ2v) is 8.58. The molecule has 1 aromatic heterocycles. The highest BCUT2D eigenvalue weighted by Gasteiger charge is 2.27. The molecule has 2 heterocycles. The zero-order chi connectivity index (χ0) is 19.6. The van der Waals surface area contributed by atoms with Gasteiger partial charge in [0.25, 0.3) is 0 Å². The van der Waals surface area contributed by atoms with Crippen LogP contribution in [0.25, 0.3) is 10.9 Å². The first kappa shape index (κ1) is 19.2. The van der Waals surface area contributed by atoms with Gasteiger partial charge in [0.15, 0.2) is 21.3 Å². The van der Waals surface area contributed by atoms with Gasteiger partial charge in [-0.15, -0.1) is 0 Å². The summed E-state index contributed by atoms with van der Waals surface area (Å²) in [6, 6.07) is 3.53. The molecule has 0 N–H and O–H groups in total. The zero-order valence-corrected chi connectivity index (χ0v) is 16.6. The van der Waals surface area contributed by atoms with Crippen molar-refractivity contribution < 1.29 is 22.6 Å². The predicted octanol–water partition coefficient (Wildman–Crippen LogP) is 1.71. The topological polar surface area (TPSA) is 90.3 Å².